The van der Waals surface area contributed by atoms with Gasteiger partial charge in [-0.1, -0.05) is 12.1 Å². The lowest BCUT2D eigenvalue weighted by Gasteiger charge is -2.14. The van der Waals surface area contributed by atoms with E-state index in [9.17, 15) is 4.79 Å². The summed E-state index contributed by atoms with van der Waals surface area (Å²) in [6.45, 7) is 4.00. The van der Waals surface area contributed by atoms with Crippen LogP contribution in [0.25, 0.3) is 0 Å². The van der Waals surface area contributed by atoms with Crippen molar-refractivity contribution in [3.63, 3.8) is 0 Å². The lowest BCUT2D eigenvalue weighted by atomic mass is 10.0. The van der Waals surface area contributed by atoms with Crippen LogP contribution in [0.2, 0.25) is 0 Å². The second kappa shape index (κ2) is 10.8. The summed E-state index contributed by atoms with van der Waals surface area (Å²) >= 11 is 0. The average Bonchev–Trinajstić information content (AvgIpc) is 2.87. The molecular weight excluding hydrogens is 438 g/mol. The predicted octanol–water partition coefficient (Wildman–Crippen LogP) is 4.46. The smallest absolute Gasteiger partial charge is 0.271 e. The van der Waals surface area contributed by atoms with Gasteiger partial charge in [0.25, 0.3) is 5.91 Å². The molecule has 0 fully saturated rings. The standard InChI is InChI=1S/C27H23N7O/c1-18-13-22(17-31-34-27(35)23-7-10-29-11-8-23)14-19(2)26(18)33-24-9-12-30-25(32-24)15-20-3-5-21(16-28)6-4-20/h3-14,17H,15H2,1-2H3,(H,34,35)(H,30,32,33)/b31-17-. The van der Waals surface area contributed by atoms with Crippen LogP contribution in [0.15, 0.2) is 78.3 Å². The topological polar surface area (TPSA) is 116 Å². The van der Waals surface area contributed by atoms with Crippen molar-refractivity contribution in [1.82, 2.24) is 20.4 Å². The third kappa shape index (κ3) is 6.12. The highest BCUT2D eigenvalue weighted by molar-refractivity contribution is 5.94. The highest BCUT2D eigenvalue weighted by Gasteiger charge is 2.08. The summed E-state index contributed by atoms with van der Waals surface area (Å²) in [7, 11) is 0. The summed E-state index contributed by atoms with van der Waals surface area (Å²) in [4.78, 5) is 25.0. The Balaban J connectivity index is 1.43. The molecule has 0 radical (unpaired) electrons. The second-order valence-corrected chi connectivity index (χ2v) is 7.93. The molecule has 0 bridgehead atoms. The van der Waals surface area contributed by atoms with Gasteiger partial charge in [-0.3, -0.25) is 9.78 Å². The predicted molar refractivity (Wildman–Crippen MR) is 134 cm³/mol. The van der Waals surface area contributed by atoms with Crippen molar-refractivity contribution in [3.8, 4) is 6.07 Å². The van der Waals surface area contributed by atoms with Crippen LogP contribution in [0.3, 0.4) is 0 Å². The molecule has 0 saturated carbocycles. The summed E-state index contributed by atoms with van der Waals surface area (Å²) in [6, 6.07) is 18.6. The molecule has 0 spiro atoms. The Kier molecular flexibility index (Phi) is 7.19. The first-order valence-corrected chi connectivity index (χ1v) is 10.9. The fourth-order valence-electron chi connectivity index (χ4n) is 3.56. The molecule has 172 valence electrons. The number of hydrogen-bond donors (Lipinski definition) is 2. The Labute approximate surface area is 203 Å². The van der Waals surface area contributed by atoms with Crippen LogP contribution in [0.1, 0.15) is 44.0 Å². The number of rotatable bonds is 7. The van der Waals surface area contributed by atoms with Crippen molar-refractivity contribution in [2.75, 3.05) is 5.32 Å². The third-order valence-electron chi connectivity index (χ3n) is 5.28. The quantitative estimate of drug-likeness (QED) is 0.310. The molecular formula is C27H23N7O. The van der Waals surface area contributed by atoms with Crippen molar-refractivity contribution < 1.29 is 4.79 Å². The molecule has 35 heavy (non-hydrogen) atoms. The lowest BCUT2D eigenvalue weighted by molar-refractivity contribution is 0.0955. The molecule has 2 N–H and O–H groups in total. The Morgan fingerprint density at radius 3 is 2.43 bits per heavy atom. The molecule has 0 atom stereocenters. The number of nitriles is 1. The van der Waals surface area contributed by atoms with Crippen molar-refractivity contribution >= 4 is 23.6 Å². The first-order valence-electron chi connectivity index (χ1n) is 10.9. The van der Waals surface area contributed by atoms with E-state index in [1.54, 1.807) is 49.1 Å². The van der Waals surface area contributed by atoms with Crippen LogP contribution in [0.5, 0.6) is 0 Å². The number of hydrogen-bond acceptors (Lipinski definition) is 7. The number of aryl methyl sites for hydroxylation is 2. The van der Waals surface area contributed by atoms with Gasteiger partial charge in [-0.15, -0.1) is 0 Å². The van der Waals surface area contributed by atoms with Crippen LogP contribution >= 0.6 is 0 Å². The number of benzene rings is 2. The normalized spacial score (nSPS) is 10.7. The summed E-state index contributed by atoms with van der Waals surface area (Å²) in [5, 5.41) is 16.4. The number of nitrogens with zero attached hydrogens (tertiary/aromatic N) is 5. The van der Waals surface area contributed by atoms with E-state index in [4.69, 9.17) is 5.26 Å². The molecule has 0 saturated heterocycles. The van der Waals surface area contributed by atoms with Gasteiger partial charge in [0.2, 0.25) is 0 Å². The van der Waals surface area contributed by atoms with Gasteiger partial charge in [-0.2, -0.15) is 10.4 Å². The average molecular weight is 462 g/mol. The number of aromatic nitrogens is 3. The minimum Gasteiger partial charge on any atom is -0.340 e. The monoisotopic (exact) mass is 461 g/mol. The van der Waals surface area contributed by atoms with E-state index in [2.05, 4.69) is 36.9 Å². The maximum absolute atomic E-state index is 12.1. The zero-order valence-corrected chi connectivity index (χ0v) is 19.4. The van der Waals surface area contributed by atoms with Crippen LogP contribution in [-0.2, 0) is 6.42 Å². The number of carbonyl (C=O) groups excluding carboxylic acids is 1. The summed E-state index contributed by atoms with van der Waals surface area (Å²) in [5.74, 6) is 1.08. The molecule has 4 rings (SSSR count). The highest BCUT2D eigenvalue weighted by Crippen LogP contribution is 2.25. The van der Waals surface area contributed by atoms with Crippen molar-refractivity contribution in [3.05, 3.63) is 112 Å². The minimum absolute atomic E-state index is 0.295. The van der Waals surface area contributed by atoms with E-state index in [0.717, 1.165) is 27.9 Å². The Morgan fingerprint density at radius 1 is 1.03 bits per heavy atom. The van der Waals surface area contributed by atoms with E-state index in [1.165, 1.54) is 0 Å². The van der Waals surface area contributed by atoms with Gasteiger partial charge in [0, 0.05) is 36.3 Å². The van der Waals surface area contributed by atoms with E-state index in [-0.39, 0.29) is 5.91 Å². The van der Waals surface area contributed by atoms with Crippen LogP contribution < -0.4 is 10.7 Å². The largest absolute Gasteiger partial charge is 0.340 e. The van der Waals surface area contributed by atoms with Crippen molar-refractivity contribution in [1.29, 1.82) is 5.26 Å². The lowest BCUT2D eigenvalue weighted by Crippen LogP contribution is -2.17. The van der Waals surface area contributed by atoms with Gasteiger partial charge in [0.1, 0.15) is 11.6 Å². The van der Waals surface area contributed by atoms with Crippen LogP contribution in [0, 0.1) is 25.2 Å². The van der Waals surface area contributed by atoms with Crippen LogP contribution in [0.4, 0.5) is 11.5 Å². The van der Waals surface area contributed by atoms with Crippen molar-refractivity contribution in [2.24, 2.45) is 5.10 Å². The highest BCUT2D eigenvalue weighted by atomic mass is 16.2. The van der Waals surface area contributed by atoms with Crippen LogP contribution in [-0.4, -0.2) is 27.1 Å². The molecule has 0 unspecified atom stereocenters. The Bertz CT molecular complexity index is 1380. The van der Waals surface area contributed by atoms with Gasteiger partial charge in [0.05, 0.1) is 17.8 Å². The molecule has 1 amide bonds. The third-order valence-corrected chi connectivity index (χ3v) is 5.28. The maximum Gasteiger partial charge on any atom is 0.271 e. The molecule has 0 aliphatic rings. The van der Waals surface area contributed by atoms with E-state index < -0.39 is 0 Å². The SMILES string of the molecule is Cc1cc(/C=N\NC(=O)c2ccncc2)cc(C)c1Nc1ccnc(Cc2ccc(C#N)cc2)n1. The van der Waals surface area contributed by atoms with E-state index in [0.29, 0.717) is 29.2 Å². The van der Waals surface area contributed by atoms with Gasteiger partial charge in [-0.25, -0.2) is 15.4 Å². The molecule has 8 nitrogen and oxygen atoms in total. The fraction of sp³-hybridized carbons (Fsp3) is 0.111. The fourth-order valence-corrected chi connectivity index (χ4v) is 3.56. The van der Waals surface area contributed by atoms with E-state index >= 15 is 0 Å². The molecule has 8 heteroatoms. The molecule has 0 aliphatic carbocycles. The second-order valence-electron chi connectivity index (χ2n) is 7.93. The number of amides is 1. The number of hydrazone groups is 1. The Morgan fingerprint density at radius 2 is 1.74 bits per heavy atom. The van der Waals surface area contributed by atoms with Gasteiger partial charge in [0.15, 0.2) is 0 Å². The summed E-state index contributed by atoms with van der Waals surface area (Å²) in [5.41, 5.74) is 8.52. The molecule has 2 aromatic heterocycles. The number of nitrogens with one attached hydrogen (secondary N) is 2. The van der Waals surface area contributed by atoms with Gasteiger partial charge < -0.3 is 5.32 Å². The first-order chi connectivity index (χ1) is 17.0. The molecule has 4 aromatic rings. The molecule has 2 aromatic carbocycles. The summed E-state index contributed by atoms with van der Waals surface area (Å²) < 4.78 is 0. The van der Waals surface area contributed by atoms with Crippen molar-refractivity contribution in [2.45, 2.75) is 20.3 Å². The minimum atomic E-state index is -0.295. The first kappa shape index (κ1) is 23.3. The number of anilines is 2. The number of carbonyl (C=O) groups is 1. The summed E-state index contributed by atoms with van der Waals surface area (Å²) in [6.07, 6.45) is 7.03. The number of pyridine rings is 1. The van der Waals surface area contributed by atoms with E-state index in [1.807, 2.05) is 44.2 Å². The Hall–Kier alpha value is -4.90. The zero-order valence-electron chi connectivity index (χ0n) is 19.4. The maximum atomic E-state index is 12.1. The van der Waals surface area contributed by atoms with Gasteiger partial charge >= 0.3 is 0 Å². The zero-order chi connectivity index (χ0) is 24.6. The molecule has 2 heterocycles. The molecule has 0 aliphatic heterocycles. The van der Waals surface area contributed by atoms with Gasteiger partial charge in [-0.05, 0) is 78.6 Å².